The van der Waals surface area contributed by atoms with Crippen molar-refractivity contribution in [1.82, 2.24) is 0 Å². The van der Waals surface area contributed by atoms with Crippen molar-refractivity contribution in [3.63, 3.8) is 0 Å². The van der Waals surface area contributed by atoms with Gasteiger partial charge < -0.3 is 5.32 Å². The third-order valence-corrected chi connectivity index (χ3v) is 3.98. The van der Waals surface area contributed by atoms with E-state index in [1.807, 2.05) is 6.92 Å². The highest BCUT2D eigenvalue weighted by atomic mass is 79.9. The van der Waals surface area contributed by atoms with E-state index in [0.29, 0.717) is 10.0 Å². The summed E-state index contributed by atoms with van der Waals surface area (Å²) in [5.74, 6) is -1.31. The second-order valence-electron chi connectivity index (χ2n) is 4.28. The second kappa shape index (κ2) is 6.29. The van der Waals surface area contributed by atoms with E-state index >= 15 is 0 Å². The maximum absolute atomic E-state index is 13.7. The molecule has 0 fully saturated rings. The summed E-state index contributed by atoms with van der Waals surface area (Å²) in [5.41, 5.74) is 0.965. The van der Waals surface area contributed by atoms with Crippen molar-refractivity contribution >= 4 is 44.8 Å². The molecule has 1 atom stereocenters. The zero-order chi connectivity index (χ0) is 14.9. The summed E-state index contributed by atoms with van der Waals surface area (Å²) in [6, 6.07) is 7.00. The van der Waals surface area contributed by atoms with Gasteiger partial charge in [0.1, 0.15) is 11.6 Å². The first-order chi connectivity index (χ1) is 9.38. The first-order valence-electron chi connectivity index (χ1n) is 5.74. The van der Waals surface area contributed by atoms with Gasteiger partial charge in [0.05, 0.1) is 16.2 Å². The molecule has 0 aliphatic rings. The molecule has 0 bridgehead atoms. The van der Waals surface area contributed by atoms with Gasteiger partial charge in [-0.1, -0.05) is 29.3 Å². The Morgan fingerprint density at radius 3 is 2.45 bits per heavy atom. The molecular weight excluding hydrogens is 371 g/mol. The van der Waals surface area contributed by atoms with Crippen LogP contribution in [0, 0.1) is 11.6 Å². The molecule has 1 N–H and O–H groups in total. The van der Waals surface area contributed by atoms with Crippen molar-refractivity contribution in [3.8, 4) is 0 Å². The van der Waals surface area contributed by atoms with Crippen molar-refractivity contribution in [3.05, 3.63) is 62.0 Å². The Morgan fingerprint density at radius 2 is 1.80 bits per heavy atom. The number of benzene rings is 2. The second-order valence-corrected chi connectivity index (χ2v) is 5.98. The van der Waals surface area contributed by atoms with Crippen LogP contribution in [0.1, 0.15) is 18.5 Å². The van der Waals surface area contributed by atoms with Crippen LogP contribution in [0.5, 0.6) is 0 Å². The molecule has 2 rings (SSSR count). The minimum absolute atomic E-state index is 0.191. The highest BCUT2D eigenvalue weighted by molar-refractivity contribution is 9.10. The van der Waals surface area contributed by atoms with E-state index in [2.05, 4.69) is 21.2 Å². The fraction of sp³-hybridized carbons (Fsp3) is 0.143. The number of rotatable bonds is 3. The molecular formula is C14H10BrCl2F2N. The predicted octanol–water partition coefficient (Wildman–Crippen LogP) is 6.21. The Balaban J connectivity index is 2.27. The first kappa shape index (κ1) is 15.5. The van der Waals surface area contributed by atoms with Crippen LogP contribution < -0.4 is 5.32 Å². The van der Waals surface area contributed by atoms with Crippen LogP contribution in [0.15, 0.2) is 34.8 Å². The normalized spacial score (nSPS) is 12.3. The molecule has 0 aromatic heterocycles. The number of anilines is 1. The Kier molecular flexibility index (Phi) is 4.89. The summed E-state index contributed by atoms with van der Waals surface area (Å²) >= 11 is 15.0. The predicted molar refractivity (Wildman–Crippen MR) is 82.6 cm³/mol. The SMILES string of the molecule is CC(Nc1cc(Br)c(F)cc1F)c1ccc(Cl)cc1Cl. The van der Waals surface area contributed by atoms with Gasteiger partial charge in [0.2, 0.25) is 0 Å². The zero-order valence-corrected chi connectivity index (χ0v) is 13.5. The zero-order valence-electron chi connectivity index (χ0n) is 10.4. The van der Waals surface area contributed by atoms with Gasteiger partial charge in [0.25, 0.3) is 0 Å². The summed E-state index contributed by atoms with van der Waals surface area (Å²) in [7, 11) is 0. The Bertz CT molecular complexity index is 649. The van der Waals surface area contributed by atoms with Crippen LogP contribution in [0.4, 0.5) is 14.5 Å². The number of halogens is 5. The summed E-state index contributed by atoms with van der Waals surface area (Å²) in [5, 5.41) is 3.97. The summed E-state index contributed by atoms with van der Waals surface area (Å²) in [6.07, 6.45) is 0. The summed E-state index contributed by atoms with van der Waals surface area (Å²) in [6.45, 7) is 1.83. The lowest BCUT2D eigenvalue weighted by molar-refractivity contribution is 0.579. The molecule has 0 spiro atoms. The highest BCUT2D eigenvalue weighted by Crippen LogP contribution is 2.31. The van der Waals surface area contributed by atoms with Gasteiger partial charge >= 0.3 is 0 Å². The van der Waals surface area contributed by atoms with E-state index in [1.54, 1.807) is 18.2 Å². The average Bonchev–Trinajstić information content (AvgIpc) is 2.35. The van der Waals surface area contributed by atoms with Crippen molar-refractivity contribution in [2.24, 2.45) is 0 Å². The smallest absolute Gasteiger partial charge is 0.149 e. The maximum Gasteiger partial charge on any atom is 0.149 e. The largest absolute Gasteiger partial charge is 0.376 e. The molecule has 106 valence electrons. The van der Waals surface area contributed by atoms with E-state index in [9.17, 15) is 8.78 Å². The fourth-order valence-electron chi connectivity index (χ4n) is 1.80. The number of hydrogen-bond donors (Lipinski definition) is 1. The molecule has 20 heavy (non-hydrogen) atoms. The molecule has 0 aliphatic carbocycles. The minimum Gasteiger partial charge on any atom is -0.376 e. The maximum atomic E-state index is 13.7. The van der Waals surface area contributed by atoms with Gasteiger partial charge in [-0.2, -0.15) is 0 Å². The van der Waals surface area contributed by atoms with Crippen molar-refractivity contribution in [2.75, 3.05) is 5.32 Å². The molecule has 0 radical (unpaired) electrons. The number of hydrogen-bond acceptors (Lipinski definition) is 1. The molecule has 1 nitrogen and oxygen atoms in total. The lowest BCUT2D eigenvalue weighted by Crippen LogP contribution is -2.09. The topological polar surface area (TPSA) is 12.0 Å². The van der Waals surface area contributed by atoms with Crippen molar-refractivity contribution in [2.45, 2.75) is 13.0 Å². The van der Waals surface area contributed by atoms with Gasteiger partial charge in [0.15, 0.2) is 0 Å². The molecule has 0 heterocycles. The van der Waals surface area contributed by atoms with E-state index in [4.69, 9.17) is 23.2 Å². The molecule has 2 aromatic carbocycles. The third-order valence-electron chi connectivity index (χ3n) is 2.81. The minimum atomic E-state index is -0.664. The number of nitrogens with one attached hydrogen (secondary N) is 1. The standard InChI is InChI=1S/C14H10BrCl2F2N/c1-7(9-3-2-8(16)4-11(9)17)20-14-5-10(15)12(18)6-13(14)19/h2-7,20H,1H3. The van der Waals surface area contributed by atoms with Crippen LogP contribution in [0.2, 0.25) is 10.0 Å². The van der Waals surface area contributed by atoms with Crippen molar-refractivity contribution in [1.29, 1.82) is 0 Å². The lowest BCUT2D eigenvalue weighted by Gasteiger charge is -2.18. The molecule has 0 saturated heterocycles. The molecule has 1 unspecified atom stereocenters. The van der Waals surface area contributed by atoms with Crippen LogP contribution in [-0.2, 0) is 0 Å². The summed E-state index contributed by atoms with van der Waals surface area (Å²) in [4.78, 5) is 0. The Morgan fingerprint density at radius 1 is 1.10 bits per heavy atom. The van der Waals surface area contributed by atoms with Crippen molar-refractivity contribution < 1.29 is 8.78 Å². The quantitative estimate of drug-likeness (QED) is 0.624. The first-order valence-corrected chi connectivity index (χ1v) is 7.29. The lowest BCUT2D eigenvalue weighted by atomic mass is 10.1. The van der Waals surface area contributed by atoms with E-state index < -0.39 is 11.6 Å². The van der Waals surface area contributed by atoms with Gasteiger partial charge in [-0.15, -0.1) is 0 Å². The van der Waals surface area contributed by atoms with E-state index in [1.165, 1.54) is 6.07 Å². The molecule has 0 amide bonds. The van der Waals surface area contributed by atoms with Crippen LogP contribution in [-0.4, -0.2) is 0 Å². The van der Waals surface area contributed by atoms with Gasteiger partial charge in [-0.05, 0) is 46.6 Å². The van der Waals surface area contributed by atoms with Crippen LogP contribution in [0.3, 0.4) is 0 Å². The van der Waals surface area contributed by atoms with Gasteiger partial charge in [-0.25, -0.2) is 8.78 Å². The molecule has 0 aliphatic heterocycles. The Hall–Kier alpha value is -0.840. The van der Waals surface area contributed by atoms with E-state index in [-0.39, 0.29) is 16.2 Å². The average molecular weight is 381 g/mol. The molecule has 0 saturated carbocycles. The molecule has 6 heteroatoms. The van der Waals surface area contributed by atoms with Crippen LogP contribution >= 0.6 is 39.1 Å². The Labute approximate surface area is 134 Å². The summed E-state index contributed by atoms with van der Waals surface area (Å²) < 4.78 is 27.1. The van der Waals surface area contributed by atoms with Crippen LogP contribution in [0.25, 0.3) is 0 Å². The third kappa shape index (κ3) is 3.43. The van der Waals surface area contributed by atoms with Gasteiger partial charge in [0, 0.05) is 16.1 Å². The molecule has 2 aromatic rings. The fourth-order valence-corrected chi connectivity index (χ4v) is 2.71. The van der Waals surface area contributed by atoms with E-state index in [0.717, 1.165) is 11.6 Å². The van der Waals surface area contributed by atoms with Gasteiger partial charge in [-0.3, -0.25) is 0 Å². The monoisotopic (exact) mass is 379 g/mol. The highest BCUT2D eigenvalue weighted by Gasteiger charge is 2.14.